The molecule has 1 aliphatic heterocycles. The van der Waals surface area contributed by atoms with Gasteiger partial charge in [-0.25, -0.2) is 4.98 Å². The zero-order chi connectivity index (χ0) is 22.9. The van der Waals surface area contributed by atoms with E-state index < -0.39 is 0 Å². The standard InChI is InChI=1S/C25H25N5O2S/c1-16-23-18(14-19(21-10-7-13-33-21)26-24(23)29(2)28-16)25(32)27-20(17-8-4-3-5-9-17)15-30-12-6-11-22(30)31/h3-5,7-10,13-14,20H,6,11-12,15H2,1-2H3,(H,27,32). The number of thiophene rings is 1. The lowest BCUT2D eigenvalue weighted by molar-refractivity contribution is -0.128. The summed E-state index contributed by atoms with van der Waals surface area (Å²) in [6.07, 6.45) is 1.43. The number of rotatable bonds is 6. The lowest BCUT2D eigenvalue weighted by Gasteiger charge is -2.25. The average Bonchev–Trinajstić information content (AvgIpc) is 3.56. The number of nitrogens with one attached hydrogen (secondary N) is 1. The number of aryl methyl sites for hydroxylation is 2. The van der Waals surface area contributed by atoms with Gasteiger partial charge in [-0.1, -0.05) is 36.4 Å². The zero-order valence-corrected chi connectivity index (χ0v) is 19.4. The van der Waals surface area contributed by atoms with E-state index in [2.05, 4.69) is 10.4 Å². The van der Waals surface area contributed by atoms with E-state index in [0.717, 1.165) is 40.2 Å². The maximum Gasteiger partial charge on any atom is 0.252 e. The molecule has 8 heteroatoms. The first kappa shape index (κ1) is 21.3. The van der Waals surface area contributed by atoms with Crippen LogP contribution in [0.15, 0.2) is 53.9 Å². The highest BCUT2D eigenvalue weighted by atomic mass is 32.1. The molecule has 168 valence electrons. The van der Waals surface area contributed by atoms with E-state index in [9.17, 15) is 9.59 Å². The number of carbonyl (C=O) groups is 2. The van der Waals surface area contributed by atoms with E-state index in [4.69, 9.17) is 4.98 Å². The quantitative estimate of drug-likeness (QED) is 0.471. The molecule has 0 radical (unpaired) electrons. The first-order chi connectivity index (χ1) is 16.0. The van der Waals surface area contributed by atoms with Crippen LogP contribution in [0.25, 0.3) is 21.6 Å². The third-order valence-electron chi connectivity index (χ3n) is 6.07. The Labute approximate surface area is 196 Å². The molecule has 1 atom stereocenters. The summed E-state index contributed by atoms with van der Waals surface area (Å²) in [6, 6.07) is 15.3. The smallest absolute Gasteiger partial charge is 0.252 e. The number of nitrogens with zero attached hydrogens (tertiary/aromatic N) is 4. The molecule has 4 aromatic rings. The predicted octanol–water partition coefficient (Wildman–Crippen LogP) is 4.10. The van der Waals surface area contributed by atoms with Crippen molar-refractivity contribution in [2.24, 2.45) is 7.05 Å². The van der Waals surface area contributed by atoms with Gasteiger partial charge in [-0.05, 0) is 36.4 Å². The minimum Gasteiger partial charge on any atom is -0.343 e. The molecule has 2 amide bonds. The molecule has 1 aromatic carbocycles. The van der Waals surface area contributed by atoms with Crippen LogP contribution in [0.1, 0.15) is 40.5 Å². The van der Waals surface area contributed by atoms with Crippen molar-refractivity contribution in [3.05, 3.63) is 70.7 Å². The number of carbonyl (C=O) groups excluding carboxylic acids is 2. The minimum atomic E-state index is -0.314. The molecule has 1 unspecified atom stereocenters. The van der Waals surface area contributed by atoms with Crippen LogP contribution in [-0.4, -0.2) is 44.6 Å². The predicted molar refractivity (Wildman–Crippen MR) is 129 cm³/mol. The lowest BCUT2D eigenvalue weighted by Crippen LogP contribution is -2.38. The molecule has 1 N–H and O–H groups in total. The molecule has 0 saturated carbocycles. The van der Waals surface area contributed by atoms with Crippen LogP contribution in [0.3, 0.4) is 0 Å². The zero-order valence-electron chi connectivity index (χ0n) is 18.6. The van der Waals surface area contributed by atoms with Gasteiger partial charge in [0.2, 0.25) is 5.91 Å². The monoisotopic (exact) mass is 459 g/mol. The van der Waals surface area contributed by atoms with Gasteiger partial charge in [0.15, 0.2) is 5.65 Å². The van der Waals surface area contributed by atoms with Crippen molar-refractivity contribution < 1.29 is 9.59 Å². The molecule has 1 saturated heterocycles. The fraction of sp³-hybridized carbons (Fsp3) is 0.280. The van der Waals surface area contributed by atoms with Crippen molar-refractivity contribution in [1.82, 2.24) is 25.0 Å². The van der Waals surface area contributed by atoms with E-state index in [-0.39, 0.29) is 17.9 Å². The fourth-order valence-corrected chi connectivity index (χ4v) is 5.13. The number of hydrogen-bond donors (Lipinski definition) is 1. The largest absolute Gasteiger partial charge is 0.343 e. The minimum absolute atomic E-state index is 0.138. The molecule has 3 aromatic heterocycles. The van der Waals surface area contributed by atoms with Crippen molar-refractivity contribution in [1.29, 1.82) is 0 Å². The highest BCUT2D eigenvalue weighted by Crippen LogP contribution is 2.30. The van der Waals surface area contributed by atoms with Crippen LogP contribution in [-0.2, 0) is 11.8 Å². The Morgan fingerprint density at radius 2 is 2.03 bits per heavy atom. The maximum absolute atomic E-state index is 13.7. The summed E-state index contributed by atoms with van der Waals surface area (Å²) in [6.45, 7) is 3.07. The van der Waals surface area contributed by atoms with E-state index in [1.807, 2.05) is 72.8 Å². The SMILES string of the molecule is Cc1nn(C)c2nc(-c3cccs3)cc(C(=O)NC(CN3CCCC3=O)c3ccccc3)c12. The van der Waals surface area contributed by atoms with Gasteiger partial charge in [-0.2, -0.15) is 5.10 Å². The first-order valence-electron chi connectivity index (χ1n) is 11.0. The maximum atomic E-state index is 13.7. The molecule has 4 heterocycles. The molecule has 33 heavy (non-hydrogen) atoms. The second-order valence-corrected chi connectivity index (χ2v) is 9.27. The number of amides is 2. The van der Waals surface area contributed by atoms with Crippen molar-refractivity contribution in [3.63, 3.8) is 0 Å². The van der Waals surface area contributed by atoms with Gasteiger partial charge in [0.05, 0.1) is 33.3 Å². The summed E-state index contributed by atoms with van der Waals surface area (Å²) >= 11 is 1.58. The highest BCUT2D eigenvalue weighted by Gasteiger charge is 2.27. The summed E-state index contributed by atoms with van der Waals surface area (Å²) in [5, 5.41) is 10.5. The van der Waals surface area contributed by atoms with E-state index in [1.165, 1.54) is 0 Å². The highest BCUT2D eigenvalue weighted by molar-refractivity contribution is 7.13. The molecular weight excluding hydrogens is 434 g/mol. The molecule has 0 spiro atoms. The van der Waals surface area contributed by atoms with Gasteiger partial charge < -0.3 is 10.2 Å². The Balaban J connectivity index is 1.54. The van der Waals surface area contributed by atoms with Crippen LogP contribution >= 0.6 is 11.3 Å². The summed E-state index contributed by atoms with van der Waals surface area (Å²) < 4.78 is 1.72. The van der Waals surface area contributed by atoms with E-state index in [1.54, 1.807) is 16.0 Å². The second-order valence-electron chi connectivity index (χ2n) is 8.32. The summed E-state index contributed by atoms with van der Waals surface area (Å²) in [5.74, 6) is -0.0589. The lowest BCUT2D eigenvalue weighted by atomic mass is 10.0. The molecule has 1 aliphatic rings. The number of benzene rings is 1. The molecule has 1 fully saturated rings. The summed E-state index contributed by atoms with van der Waals surface area (Å²) in [5.41, 5.74) is 3.69. The number of likely N-dealkylation sites (tertiary alicyclic amines) is 1. The van der Waals surface area contributed by atoms with Crippen molar-refractivity contribution in [3.8, 4) is 10.6 Å². The van der Waals surface area contributed by atoms with Crippen molar-refractivity contribution >= 4 is 34.2 Å². The summed E-state index contributed by atoms with van der Waals surface area (Å²) in [4.78, 5) is 33.6. The molecule has 0 aliphatic carbocycles. The van der Waals surface area contributed by atoms with Crippen LogP contribution < -0.4 is 5.32 Å². The third kappa shape index (κ3) is 4.14. The van der Waals surface area contributed by atoms with Crippen LogP contribution in [0.5, 0.6) is 0 Å². The second kappa shape index (κ2) is 8.78. The number of aromatic nitrogens is 3. The van der Waals surface area contributed by atoms with Gasteiger partial charge in [-0.15, -0.1) is 11.3 Å². The normalized spacial score (nSPS) is 14.7. The topological polar surface area (TPSA) is 80.1 Å². The van der Waals surface area contributed by atoms with Gasteiger partial charge in [0.1, 0.15) is 0 Å². The third-order valence-corrected chi connectivity index (χ3v) is 6.96. The van der Waals surface area contributed by atoms with E-state index >= 15 is 0 Å². The number of pyridine rings is 1. The fourth-order valence-electron chi connectivity index (χ4n) is 4.45. The Morgan fingerprint density at radius 1 is 1.21 bits per heavy atom. The van der Waals surface area contributed by atoms with Gasteiger partial charge >= 0.3 is 0 Å². The Kier molecular flexibility index (Phi) is 5.68. The molecule has 0 bridgehead atoms. The van der Waals surface area contributed by atoms with Gasteiger partial charge in [0.25, 0.3) is 5.91 Å². The molecular formula is C25H25N5O2S. The average molecular weight is 460 g/mol. The van der Waals surface area contributed by atoms with Gasteiger partial charge in [-0.3, -0.25) is 14.3 Å². The molecule has 5 rings (SSSR count). The Hall–Kier alpha value is -3.52. The Morgan fingerprint density at radius 3 is 2.73 bits per heavy atom. The van der Waals surface area contributed by atoms with Crippen LogP contribution in [0.2, 0.25) is 0 Å². The van der Waals surface area contributed by atoms with E-state index in [0.29, 0.717) is 24.2 Å². The Bertz CT molecular complexity index is 1310. The molecule has 7 nitrogen and oxygen atoms in total. The number of fused-ring (bicyclic) bond motifs is 1. The number of hydrogen-bond acceptors (Lipinski definition) is 5. The van der Waals surface area contributed by atoms with Gasteiger partial charge in [0, 0.05) is 26.6 Å². The van der Waals surface area contributed by atoms with Crippen LogP contribution in [0.4, 0.5) is 0 Å². The van der Waals surface area contributed by atoms with Crippen molar-refractivity contribution in [2.45, 2.75) is 25.8 Å². The van der Waals surface area contributed by atoms with Crippen LogP contribution in [0, 0.1) is 6.92 Å². The first-order valence-corrected chi connectivity index (χ1v) is 11.9. The van der Waals surface area contributed by atoms with Crippen molar-refractivity contribution in [2.75, 3.05) is 13.1 Å². The summed E-state index contributed by atoms with van der Waals surface area (Å²) in [7, 11) is 1.84.